The van der Waals surface area contributed by atoms with Crippen LogP contribution in [0.15, 0.2) is 66.7 Å². The Morgan fingerprint density at radius 3 is 2.55 bits per heavy atom. The zero-order valence-electron chi connectivity index (χ0n) is 16.5. The number of thioether (sulfide) groups is 1. The van der Waals surface area contributed by atoms with Gasteiger partial charge in [-0.25, -0.2) is 0 Å². The molecule has 0 saturated carbocycles. The van der Waals surface area contributed by atoms with Crippen molar-refractivity contribution in [3.05, 3.63) is 87.9 Å². The topological polar surface area (TPSA) is 58.6 Å². The lowest BCUT2D eigenvalue weighted by molar-refractivity contribution is -0.115. The Labute approximate surface area is 194 Å². The third kappa shape index (κ3) is 4.51. The van der Waals surface area contributed by atoms with Crippen molar-refractivity contribution < 1.29 is 14.3 Å². The lowest BCUT2D eigenvalue weighted by atomic mass is 10.1. The van der Waals surface area contributed by atoms with E-state index in [0.29, 0.717) is 27.8 Å². The summed E-state index contributed by atoms with van der Waals surface area (Å²) >= 11 is 13.6. The van der Waals surface area contributed by atoms with Crippen LogP contribution in [0.2, 0.25) is 10.0 Å². The highest BCUT2D eigenvalue weighted by Crippen LogP contribution is 2.44. The first-order valence-electron chi connectivity index (χ1n) is 9.41. The number of nitrogens with zero attached hydrogens (tertiary/aromatic N) is 1. The van der Waals surface area contributed by atoms with E-state index >= 15 is 0 Å². The second-order valence-corrected chi connectivity index (χ2v) is 8.71. The highest BCUT2D eigenvalue weighted by atomic mass is 35.5. The van der Waals surface area contributed by atoms with Crippen molar-refractivity contribution in [3.8, 4) is 5.75 Å². The Balaban J connectivity index is 1.54. The molecule has 1 heterocycles. The van der Waals surface area contributed by atoms with E-state index in [1.807, 2.05) is 36.4 Å². The normalized spacial score (nSPS) is 15.8. The third-order valence-corrected chi connectivity index (χ3v) is 6.60. The summed E-state index contributed by atoms with van der Waals surface area (Å²) in [5.41, 5.74) is 2.65. The Bertz CT molecular complexity index is 1140. The van der Waals surface area contributed by atoms with Gasteiger partial charge in [0, 0.05) is 10.7 Å². The number of carbonyl (C=O) groups is 2. The Hall–Kier alpha value is -2.67. The number of ether oxygens (including phenoxy) is 1. The molecule has 1 aliphatic heterocycles. The highest BCUT2D eigenvalue weighted by molar-refractivity contribution is 8.00. The lowest BCUT2D eigenvalue weighted by Gasteiger charge is -2.26. The number of carbonyl (C=O) groups excluding carboxylic acids is 2. The Kier molecular flexibility index (Phi) is 6.41. The van der Waals surface area contributed by atoms with Gasteiger partial charge in [0.15, 0.2) is 0 Å². The van der Waals surface area contributed by atoms with E-state index in [1.54, 1.807) is 48.0 Å². The van der Waals surface area contributed by atoms with Crippen LogP contribution in [0.5, 0.6) is 5.75 Å². The van der Waals surface area contributed by atoms with Gasteiger partial charge in [-0.1, -0.05) is 47.5 Å². The molecular weight excluding hydrogens is 455 g/mol. The molecule has 0 aliphatic carbocycles. The summed E-state index contributed by atoms with van der Waals surface area (Å²) in [5, 5.41) is 3.40. The van der Waals surface area contributed by atoms with E-state index < -0.39 is 0 Å². The maximum atomic E-state index is 12.6. The summed E-state index contributed by atoms with van der Waals surface area (Å²) in [7, 11) is 1.59. The molecule has 0 bridgehead atoms. The van der Waals surface area contributed by atoms with Crippen LogP contribution in [0.4, 0.5) is 11.4 Å². The molecule has 1 saturated heterocycles. The highest BCUT2D eigenvalue weighted by Gasteiger charge is 2.35. The van der Waals surface area contributed by atoms with Crippen molar-refractivity contribution in [1.82, 2.24) is 0 Å². The van der Waals surface area contributed by atoms with Gasteiger partial charge >= 0.3 is 0 Å². The SMILES string of the molecule is COc1ccccc1N1C(=O)CSC1c1ccc(NC(=O)c2ccc(Cl)cc2Cl)cc1. The predicted octanol–water partition coefficient (Wildman–Crippen LogP) is 6.03. The molecule has 8 heteroatoms. The van der Waals surface area contributed by atoms with Gasteiger partial charge in [-0.15, -0.1) is 11.8 Å². The van der Waals surface area contributed by atoms with E-state index in [9.17, 15) is 9.59 Å². The molecule has 158 valence electrons. The molecule has 3 aromatic carbocycles. The average Bonchev–Trinajstić information content (AvgIpc) is 3.15. The molecule has 3 aromatic rings. The molecule has 1 N–H and O–H groups in total. The smallest absolute Gasteiger partial charge is 0.257 e. The van der Waals surface area contributed by atoms with Crippen molar-refractivity contribution in [2.75, 3.05) is 23.1 Å². The van der Waals surface area contributed by atoms with Crippen LogP contribution in [-0.2, 0) is 4.79 Å². The third-order valence-electron chi connectivity index (χ3n) is 4.84. The molecule has 1 aliphatic rings. The number of rotatable bonds is 5. The monoisotopic (exact) mass is 472 g/mol. The molecule has 1 fully saturated rings. The van der Waals surface area contributed by atoms with E-state index in [1.165, 1.54) is 6.07 Å². The summed E-state index contributed by atoms with van der Waals surface area (Å²) < 4.78 is 5.44. The molecule has 0 radical (unpaired) electrons. The number of hydrogen-bond donors (Lipinski definition) is 1. The van der Waals surface area contributed by atoms with Gasteiger partial charge in [-0.05, 0) is 48.0 Å². The van der Waals surface area contributed by atoms with Crippen LogP contribution in [-0.4, -0.2) is 24.7 Å². The standard InChI is InChI=1S/C23H18Cl2N2O3S/c1-30-20-5-3-2-4-19(20)27-21(28)13-31-23(27)14-6-9-16(10-7-14)26-22(29)17-11-8-15(24)12-18(17)25/h2-12,23H,13H2,1H3,(H,26,29). The average molecular weight is 473 g/mol. The summed E-state index contributed by atoms with van der Waals surface area (Å²) in [6.45, 7) is 0. The number of hydrogen-bond acceptors (Lipinski definition) is 4. The molecule has 2 amide bonds. The van der Waals surface area contributed by atoms with Gasteiger partial charge < -0.3 is 10.1 Å². The maximum absolute atomic E-state index is 12.6. The molecule has 0 aromatic heterocycles. The second-order valence-electron chi connectivity index (χ2n) is 6.80. The van der Waals surface area contributed by atoms with Crippen molar-refractivity contribution in [3.63, 3.8) is 0 Å². The molecule has 4 rings (SSSR count). The van der Waals surface area contributed by atoms with E-state index in [4.69, 9.17) is 27.9 Å². The van der Waals surface area contributed by atoms with E-state index in [2.05, 4.69) is 5.32 Å². The van der Waals surface area contributed by atoms with Gasteiger partial charge in [0.05, 0.1) is 29.1 Å². The van der Waals surface area contributed by atoms with Crippen molar-refractivity contribution >= 4 is 58.2 Å². The van der Waals surface area contributed by atoms with Crippen LogP contribution in [0.1, 0.15) is 21.3 Å². The van der Waals surface area contributed by atoms with Gasteiger partial charge in [0.1, 0.15) is 11.1 Å². The first-order chi connectivity index (χ1) is 15.0. The van der Waals surface area contributed by atoms with Crippen LogP contribution < -0.4 is 15.0 Å². The van der Waals surface area contributed by atoms with Gasteiger partial charge in [0.25, 0.3) is 5.91 Å². The van der Waals surface area contributed by atoms with Crippen molar-refractivity contribution in [2.24, 2.45) is 0 Å². The number of anilines is 2. The number of nitrogens with one attached hydrogen (secondary N) is 1. The van der Waals surface area contributed by atoms with Crippen LogP contribution in [0, 0.1) is 0 Å². The number of amides is 2. The fraction of sp³-hybridized carbons (Fsp3) is 0.130. The summed E-state index contributed by atoms with van der Waals surface area (Å²) in [6.07, 6.45) is 0. The van der Waals surface area contributed by atoms with Gasteiger partial charge in [-0.2, -0.15) is 0 Å². The minimum Gasteiger partial charge on any atom is -0.495 e. The zero-order chi connectivity index (χ0) is 22.0. The minimum absolute atomic E-state index is 0.0225. The summed E-state index contributed by atoms with van der Waals surface area (Å²) in [5.74, 6) is 0.729. The number of halogens is 2. The molecule has 31 heavy (non-hydrogen) atoms. The molecule has 5 nitrogen and oxygen atoms in total. The molecular formula is C23H18Cl2N2O3S. The zero-order valence-corrected chi connectivity index (χ0v) is 18.8. The second kappa shape index (κ2) is 9.22. The first-order valence-corrected chi connectivity index (χ1v) is 11.2. The molecule has 1 unspecified atom stereocenters. The van der Waals surface area contributed by atoms with E-state index in [-0.39, 0.29) is 22.2 Å². The summed E-state index contributed by atoms with van der Waals surface area (Å²) in [6, 6.07) is 19.6. The Morgan fingerprint density at radius 1 is 1.10 bits per heavy atom. The number of methoxy groups -OCH3 is 1. The van der Waals surface area contributed by atoms with Crippen LogP contribution >= 0.6 is 35.0 Å². The first kappa shape index (κ1) is 21.6. The predicted molar refractivity (Wildman–Crippen MR) is 127 cm³/mol. The minimum atomic E-state index is -0.324. The van der Waals surface area contributed by atoms with Crippen LogP contribution in [0.3, 0.4) is 0 Å². The quantitative estimate of drug-likeness (QED) is 0.492. The lowest BCUT2D eigenvalue weighted by Crippen LogP contribution is -2.28. The number of benzene rings is 3. The van der Waals surface area contributed by atoms with Gasteiger partial charge in [0.2, 0.25) is 5.91 Å². The largest absolute Gasteiger partial charge is 0.495 e. The maximum Gasteiger partial charge on any atom is 0.257 e. The van der Waals surface area contributed by atoms with Gasteiger partial charge in [-0.3, -0.25) is 14.5 Å². The fourth-order valence-corrected chi connectivity index (χ4v) is 5.03. The number of para-hydroxylation sites is 2. The van der Waals surface area contributed by atoms with Crippen LogP contribution in [0.25, 0.3) is 0 Å². The van der Waals surface area contributed by atoms with E-state index in [0.717, 1.165) is 11.3 Å². The molecule has 0 spiro atoms. The summed E-state index contributed by atoms with van der Waals surface area (Å²) in [4.78, 5) is 26.9. The fourth-order valence-electron chi connectivity index (χ4n) is 3.36. The van der Waals surface area contributed by atoms with Crippen molar-refractivity contribution in [2.45, 2.75) is 5.37 Å². The molecule has 1 atom stereocenters. The van der Waals surface area contributed by atoms with Crippen molar-refractivity contribution in [1.29, 1.82) is 0 Å². The Morgan fingerprint density at radius 2 is 1.84 bits per heavy atom.